The van der Waals surface area contributed by atoms with E-state index in [-0.39, 0.29) is 12.0 Å². The van der Waals surface area contributed by atoms with Crippen molar-refractivity contribution in [2.75, 3.05) is 13.7 Å². The monoisotopic (exact) mass is 395 g/mol. The molecule has 0 aliphatic carbocycles. The molecule has 28 heavy (non-hydrogen) atoms. The first-order valence-electron chi connectivity index (χ1n) is 9.38. The fraction of sp³-hybridized carbons (Fsp3) is 0.273. The van der Waals surface area contributed by atoms with Crippen molar-refractivity contribution in [3.8, 4) is 16.9 Å². The molecule has 1 fully saturated rings. The Morgan fingerprint density at radius 3 is 2.64 bits per heavy atom. The lowest BCUT2D eigenvalue weighted by Crippen LogP contribution is -2.35. The molecule has 6 heteroatoms. The highest BCUT2D eigenvalue weighted by molar-refractivity contribution is 6.30. The second-order valence-corrected chi connectivity index (χ2v) is 7.42. The van der Waals surface area contributed by atoms with Gasteiger partial charge < -0.3 is 9.64 Å². The minimum Gasteiger partial charge on any atom is -0.368 e. The molecule has 1 amide bonds. The van der Waals surface area contributed by atoms with E-state index in [0.717, 1.165) is 35.3 Å². The lowest BCUT2D eigenvalue weighted by atomic mass is 10.1. The first-order chi connectivity index (χ1) is 13.6. The second-order valence-electron chi connectivity index (χ2n) is 6.99. The summed E-state index contributed by atoms with van der Waals surface area (Å²) in [7, 11) is 1.81. The van der Waals surface area contributed by atoms with Crippen LogP contribution in [-0.4, -0.2) is 40.3 Å². The zero-order valence-electron chi connectivity index (χ0n) is 15.7. The SMILES string of the molecule is CN(Cc1cn(-c2ccccc2)nc1-c1ccc(Cl)cc1)C(=O)[C@@H]1CCCO1. The predicted molar refractivity (Wildman–Crippen MR) is 109 cm³/mol. The van der Waals surface area contributed by atoms with E-state index in [1.165, 1.54) is 0 Å². The van der Waals surface area contributed by atoms with E-state index < -0.39 is 0 Å². The molecule has 0 spiro atoms. The maximum absolute atomic E-state index is 12.7. The minimum absolute atomic E-state index is 0.0204. The van der Waals surface area contributed by atoms with E-state index in [9.17, 15) is 4.79 Å². The van der Waals surface area contributed by atoms with Crippen LogP contribution in [0.5, 0.6) is 0 Å². The number of aromatic nitrogens is 2. The van der Waals surface area contributed by atoms with E-state index >= 15 is 0 Å². The van der Waals surface area contributed by atoms with E-state index in [0.29, 0.717) is 18.2 Å². The quantitative estimate of drug-likeness (QED) is 0.646. The summed E-state index contributed by atoms with van der Waals surface area (Å²) < 4.78 is 7.40. The summed E-state index contributed by atoms with van der Waals surface area (Å²) in [6, 6.07) is 17.5. The molecular weight excluding hydrogens is 374 g/mol. The molecule has 1 saturated heterocycles. The van der Waals surface area contributed by atoms with Crippen LogP contribution in [0, 0.1) is 0 Å². The van der Waals surface area contributed by atoms with Crippen LogP contribution in [0.2, 0.25) is 5.02 Å². The van der Waals surface area contributed by atoms with Crippen LogP contribution in [-0.2, 0) is 16.1 Å². The Labute approximate surface area is 169 Å². The van der Waals surface area contributed by atoms with Crippen LogP contribution in [0.25, 0.3) is 16.9 Å². The van der Waals surface area contributed by atoms with Crippen molar-refractivity contribution >= 4 is 17.5 Å². The molecule has 2 aromatic carbocycles. The third-order valence-electron chi connectivity index (χ3n) is 4.92. The van der Waals surface area contributed by atoms with Gasteiger partial charge in [-0.25, -0.2) is 4.68 Å². The Morgan fingerprint density at radius 2 is 1.96 bits per heavy atom. The number of nitrogens with zero attached hydrogens (tertiary/aromatic N) is 3. The van der Waals surface area contributed by atoms with Gasteiger partial charge in [-0.3, -0.25) is 4.79 Å². The molecule has 0 saturated carbocycles. The Balaban J connectivity index is 1.66. The van der Waals surface area contributed by atoms with Gasteiger partial charge in [0.25, 0.3) is 5.91 Å². The van der Waals surface area contributed by atoms with Gasteiger partial charge in [0, 0.05) is 42.5 Å². The molecule has 3 aromatic rings. The highest BCUT2D eigenvalue weighted by Crippen LogP contribution is 2.26. The predicted octanol–water partition coefficient (Wildman–Crippen LogP) is 4.33. The summed E-state index contributed by atoms with van der Waals surface area (Å²) in [5.74, 6) is 0.0204. The van der Waals surface area contributed by atoms with Gasteiger partial charge in [-0.15, -0.1) is 0 Å². The summed E-state index contributed by atoms with van der Waals surface area (Å²) >= 11 is 6.05. The molecule has 2 heterocycles. The van der Waals surface area contributed by atoms with Gasteiger partial charge in [0.15, 0.2) is 0 Å². The van der Waals surface area contributed by atoms with E-state index in [4.69, 9.17) is 21.4 Å². The van der Waals surface area contributed by atoms with Gasteiger partial charge in [-0.05, 0) is 37.1 Å². The van der Waals surface area contributed by atoms with Crippen LogP contribution in [0.4, 0.5) is 0 Å². The number of carbonyl (C=O) groups is 1. The number of halogens is 1. The molecule has 0 unspecified atom stereocenters. The van der Waals surface area contributed by atoms with Crippen molar-refractivity contribution in [3.05, 3.63) is 71.4 Å². The molecule has 144 valence electrons. The van der Waals surface area contributed by atoms with Crippen LogP contribution >= 0.6 is 11.6 Å². The van der Waals surface area contributed by atoms with Crippen molar-refractivity contribution in [1.82, 2.24) is 14.7 Å². The molecule has 0 radical (unpaired) electrons. The Hall–Kier alpha value is -2.63. The van der Waals surface area contributed by atoms with Crippen LogP contribution in [0.15, 0.2) is 60.8 Å². The molecule has 0 bridgehead atoms. The standard InChI is InChI=1S/C22H22ClN3O2/c1-25(22(27)20-8-5-13-28-20)14-17-15-26(19-6-3-2-4-7-19)24-21(17)16-9-11-18(23)12-10-16/h2-4,6-7,9-12,15,20H,5,8,13-14H2,1H3/t20-/m0/s1. The van der Waals surface area contributed by atoms with Crippen molar-refractivity contribution in [2.45, 2.75) is 25.5 Å². The summed E-state index contributed by atoms with van der Waals surface area (Å²) in [5.41, 5.74) is 3.75. The molecule has 1 aliphatic rings. The highest BCUT2D eigenvalue weighted by atomic mass is 35.5. The smallest absolute Gasteiger partial charge is 0.251 e. The van der Waals surface area contributed by atoms with Crippen molar-refractivity contribution in [2.24, 2.45) is 0 Å². The largest absolute Gasteiger partial charge is 0.368 e. The van der Waals surface area contributed by atoms with E-state index in [1.54, 1.807) is 4.90 Å². The van der Waals surface area contributed by atoms with Crippen molar-refractivity contribution in [1.29, 1.82) is 0 Å². The minimum atomic E-state index is -0.326. The summed E-state index contributed by atoms with van der Waals surface area (Å²) in [6.45, 7) is 1.12. The summed E-state index contributed by atoms with van der Waals surface area (Å²) in [6.07, 6.45) is 3.38. The normalized spacial score (nSPS) is 16.3. The summed E-state index contributed by atoms with van der Waals surface area (Å²) in [5, 5.41) is 5.47. The Bertz CT molecular complexity index is 948. The topological polar surface area (TPSA) is 47.4 Å². The van der Waals surface area contributed by atoms with E-state index in [2.05, 4.69) is 0 Å². The van der Waals surface area contributed by atoms with Gasteiger partial charge in [0.05, 0.1) is 11.4 Å². The number of ether oxygens (including phenoxy) is 1. The molecule has 1 aliphatic heterocycles. The first-order valence-corrected chi connectivity index (χ1v) is 9.76. The molecule has 5 nitrogen and oxygen atoms in total. The zero-order valence-corrected chi connectivity index (χ0v) is 16.5. The molecule has 4 rings (SSSR count). The lowest BCUT2D eigenvalue weighted by molar-refractivity contribution is -0.140. The number of hydrogen-bond donors (Lipinski definition) is 0. The van der Waals surface area contributed by atoms with Crippen LogP contribution in [0.3, 0.4) is 0 Å². The number of likely N-dealkylation sites (N-methyl/N-ethyl adjacent to an activating group) is 1. The maximum Gasteiger partial charge on any atom is 0.251 e. The fourth-order valence-electron chi connectivity index (χ4n) is 3.44. The lowest BCUT2D eigenvalue weighted by Gasteiger charge is -2.20. The van der Waals surface area contributed by atoms with Crippen molar-refractivity contribution < 1.29 is 9.53 Å². The van der Waals surface area contributed by atoms with Gasteiger partial charge in [-0.2, -0.15) is 5.10 Å². The van der Waals surface area contributed by atoms with Gasteiger partial charge in [0.1, 0.15) is 6.10 Å². The number of para-hydroxylation sites is 1. The third kappa shape index (κ3) is 3.96. The zero-order chi connectivity index (χ0) is 19.5. The van der Waals surface area contributed by atoms with Gasteiger partial charge in [0.2, 0.25) is 0 Å². The molecule has 0 N–H and O–H groups in total. The van der Waals surface area contributed by atoms with E-state index in [1.807, 2.05) is 72.5 Å². The third-order valence-corrected chi connectivity index (χ3v) is 5.17. The van der Waals surface area contributed by atoms with Crippen LogP contribution < -0.4 is 0 Å². The number of amides is 1. The average molecular weight is 396 g/mol. The Morgan fingerprint density at radius 1 is 1.21 bits per heavy atom. The second kappa shape index (κ2) is 8.17. The average Bonchev–Trinajstić information content (AvgIpc) is 3.39. The number of rotatable bonds is 5. The molecular formula is C22H22ClN3O2. The summed E-state index contributed by atoms with van der Waals surface area (Å²) in [4.78, 5) is 14.4. The first kappa shape index (κ1) is 18.7. The number of carbonyl (C=O) groups excluding carboxylic acids is 1. The van der Waals surface area contributed by atoms with Crippen LogP contribution in [0.1, 0.15) is 18.4 Å². The highest BCUT2D eigenvalue weighted by Gasteiger charge is 2.27. The van der Waals surface area contributed by atoms with Crippen molar-refractivity contribution in [3.63, 3.8) is 0 Å². The number of benzene rings is 2. The molecule has 1 atom stereocenters. The Kier molecular flexibility index (Phi) is 5.46. The fourth-order valence-corrected chi connectivity index (χ4v) is 3.57. The van der Waals surface area contributed by atoms with Gasteiger partial charge in [-0.1, -0.05) is 41.9 Å². The molecule has 1 aromatic heterocycles. The maximum atomic E-state index is 12.7. The number of hydrogen-bond acceptors (Lipinski definition) is 3. The van der Waals surface area contributed by atoms with Gasteiger partial charge >= 0.3 is 0 Å².